The summed E-state index contributed by atoms with van der Waals surface area (Å²) in [5, 5.41) is 0. The standard InChI is InChI=1S/C19H23NO/c1-3-4-5-9-13-18-14-10-15-19(21)20(18)16(2)17-11-7-6-8-12-17/h6-8,11-12,14,16H,3-5,10,15H2,1-2H3/t16-/m1/s1. The van der Waals surface area contributed by atoms with Crippen LogP contribution in [0.25, 0.3) is 0 Å². The maximum Gasteiger partial charge on any atom is 0.228 e. The molecule has 0 saturated heterocycles. The van der Waals surface area contributed by atoms with Crippen molar-refractivity contribution in [3.63, 3.8) is 0 Å². The molecule has 1 atom stereocenters. The maximum atomic E-state index is 12.3. The fraction of sp³-hybridized carbons (Fsp3) is 0.421. The van der Waals surface area contributed by atoms with Crippen LogP contribution in [0, 0.1) is 11.8 Å². The Bertz CT molecular complexity index is 562. The summed E-state index contributed by atoms with van der Waals surface area (Å²) in [5.74, 6) is 6.58. The first kappa shape index (κ1) is 15.4. The van der Waals surface area contributed by atoms with Crippen LogP contribution in [0.3, 0.4) is 0 Å². The van der Waals surface area contributed by atoms with Crippen molar-refractivity contribution >= 4 is 5.91 Å². The molecule has 0 unspecified atom stereocenters. The Kier molecular flexibility index (Phi) is 5.63. The van der Waals surface area contributed by atoms with Gasteiger partial charge in [-0.1, -0.05) is 55.7 Å². The van der Waals surface area contributed by atoms with E-state index in [0.717, 1.165) is 36.9 Å². The zero-order valence-corrected chi connectivity index (χ0v) is 12.9. The lowest BCUT2D eigenvalue weighted by molar-refractivity contribution is -0.131. The largest absolute Gasteiger partial charge is 0.298 e. The Labute approximate surface area is 127 Å². The van der Waals surface area contributed by atoms with E-state index in [1.807, 2.05) is 23.1 Å². The third-order valence-corrected chi connectivity index (χ3v) is 3.77. The van der Waals surface area contributed by atoms with Gasteiger partial charge in [0.25, 0.3) is 0 Å². The summed E-state index contributed by atoms with van der Waals surface area (Å²) in [4.78, 5) is 14.2. The number of amides is 1. The zero-order chi connectivity index (χ0) is 15.1. The molecule has 2 nitrogen and oxygen atoms in total. The maximum absolute atomic E-state index is 12.3. The number of carbonyl (C=O) groups excluding carboxylic acids is 1. The summed E-state index contributed by atoms with van der Waals surface area (Å²) in [6.07, 6.45) is 6.64. The van der Waals surface area contributed by atoms with Crippen molar-refractivity contribution in [1.29, 1.82) is 0 Å². The van der Waals surface area contributed by atoms with Gasteiger partial charge in [-0.15, -0.1) is 0 Å². The van der Waals surface area contributed by atoms with Gasteiger partial charge in [0.2, 0.25) is 5.91 Å². The van der Waals surface area contributed by atoms with Crippen molar-refractivity contribution < 1.29 is 4.79 Å². The average molecular weight is 281 g/mol. The molecule has 0 aliphatic carbocycles. The zero-order valence-electron chi connectivity index (χ0n) is 12.9. The van der Waals surface area contributed by atoms with E-state index in [-0.39, 0.29) is 11.9 Å². The molecule has 0 aromatic heterocycles. The number of allylic oxidation sites excluding steroid dienone is 2. The molecule has 0 spiro atoms. The fourth-order valence-electron chi connectivity index (χ4n) is 2.52. The highest BCUT2D eigenvalue weighted by atomic mass is 16.2. The molecule has 0 N–H and O–H groups in total. The minimum atomic E-state index is 0.0331. The van der Waals surface area contributed by atoms with E-state index in [4.69, 9.17) is 0 Å². The van der Waals surface area contributed by atoms with Crippen molar-refractivity contribution in [2.45, 2.75) is 52.0 Å². The van der Waals surface area contributed by atoms with Crippen molar-refractivity contribution in [2.24, 2.45) is 0 Å². The Morgan fingerprint density at radius 3 is 2.76 bits per heavy atom. The third-order valence-electron chi connectivity index (χ3n) is 3.77. The van der Waals surface area contributed by atoms with Gasteiger partial charge in [0.05, 0.1) is 11.7 Å². The lowest BCUT2D eigenvalue weighted by Gasteiger charge is -2.32. The van der Waals surface area contributed by atoms with Gasteiger partial charge >= 0.3 is 0 Å². The van der Waals surface area contributed by atoms with E-state index in [0.29, 0.717) is 6.42 Å². The highest BCUT2D eigenvalue weighted by Crippen LogP contribution is 2.28. The molecule has 1 amide bonds. The summed E-state index contributed by atoms with van der Waals surface area (Å²) < 4.78 is 0. The van der Waals surface area contributed by atoms with Crippen molar-refractivity contribution in [1.82, 2.24) is 4.90 Å². The number of carbonyl (C=O) groups is 1. The number of nitrogens with zero attached hydrogens (tertiary/aromatic N) is 1. The predicted molar refractivity (Wildman–Crippen MR) is 86.3 cm³/mol. The second kappa shape index (κ2) is 7.69. The van der Waals surface area contributed by atoms with Gasteiger partial charge in [-0.05, 0) is 31.2 Å². The van der Waals surface area contributed by atoms with Crippen molar-refractivity contribution in [3.05, 3.63) is 47.7 Å². The second-order valence-electron chi connectivity index (χ2n) is 5.38. The molecule has 110 valence electrons. The van der Waals surface area contributed by atoms with E-state index >= 15 is 0 Å². The summed E-state index contributed by atoms with van der Waals surface area (Å²) in [5.41, 5.74) is 2.02. The van der Waals surface area contributed by atoms with Gasteiger partial charge in [-0.3, -0.25) is 9.69 Å². The molecule has 1 aliphatic rings. The molecule has 21 heavy (non-hydrogen) atoms. The number of hydrogen-bond donors (Lipinski definition) is 0. The molecular formula is C19H23NO. The Hall–Kier alpha value is -2.01. The molecular weight excluding hydrogens is 258 g/mol. The molecule has 0 bridgehead atoms. The van der Waals surface area contributed by atoms with Crippen LogP contribution in [0.5, 0.6) is 0 Å². The van der Waals surface area contributed by atoms with Crippen LogP contribution >= 0.6 is 0 Å². The van der Waals surface area contributed by atoms with E-state index in [1.165, 1.54) is 0 Å². The second-order valence-corrected chi connectivity index (χ2v) is 5.38. The highest BCUT2D eigenvalue weighted by molar-refractivity contribution is 5.81. The summed E-state index contributed by atoms with van der Waals surface area (Å²) in [6, 6.07) is 10.2. The fourth-order valence-corrected chi connectivity index (χ4v) is 2.52. The number of benzene rings is 1. The number of unbranched alkanes of at least 4 members (excludes halogenated alkanes) is 2. The molecule has 1 heterocycles. The smallest absolute Gasteiger partial charge is 0.228 e. The van der Waals surface area contributed by atoms with Gasteiger partial charge in [-0.25, -0.2) is 0 Å². The van der Waals surface area contributed by atoms with Gasteiger partial charge in [0, 0.05) is 12.8 Å². The topological polar surface area (TPSA) is 20.3 Å². The number of rotatable bonds is 4. The van der Waals surface area contributed by atoms with Crippen LogP contribution in [-0.2, 0) is 4.79 Å². The monoisotopic (exact) mass is 281 g/mol. The molecule has 0 saturated carbocycles. The normalized spacial score (nSPS) is 16.0. The Morgan fingerprint density at radius 1 is 1.29 bits per heavy atom. The van der Waals surface area contributed by atoms with E-state index in [9.17, 15) is 4.79 Å². The van der Waals surface area contributed by atoms with E-state index in [1.54, 1.807) is 0 Å². The molecule has 2 rings (SSSR count). The summed E-state index contributed by atoms with van der Waals surface area (Å²) in [7, 11) is 0. The van der Waals surface area contributed by atoms with Crippen molar-refractivity contribution in [2.75, 3.05) is 0 Å². The van der Waals surface area contributed by atoms with Gasteiger partial charge in [0.1, 0.15) is 0 Å². The quantitative estimate of drug-likeness (QED) is 0.590. The van der Waals surface area contributed by atoms with Crippen molar-refractivity contribution in [3.8, 4) is 11.8 Å². The molecule has 1 aromatic rings. The van der Waals surface area contributed by atoms with Gasteiger partial charge in [0.15, 0.2) is 0 Å². The van der Waals surface area contributed by atoms with E-state index in [2.05, 4.69) is 43.9 Å². The highest BCUT2D eigenvalue weighted by Gasteiger charge is 2.26. The number of hydrogen-bond acceptors (Lipinski definition) is 1. The van der Waals surface area contributed by atoms with E-state index < -0.39 is 0 Å². The minimum Gasteiger partial charge on any atom is -0.298 e. The lowest BCUT2D eigenvalue weighted by atomic mass is 10.0. The summed E-state index contributed by atoms with van der Waals surface area (Å²) >= 11 is 0. The Morgan fingerprint density at radius 2 is 2.05 bits per heavy atom. The predicted octanol–water partition coefficient (Wildman–Crippen LogP) is 4.45. The Balaban J connectivity index is 2.20. The van der Waals surface area contributed by atoms with Crippen LogP contribution < -0.4 is 0 Å². The molecule has 1 aromatic carbocycles. The first-order valence-corrected chi connectivity index (χ1v) is 7.80. The van der Waals surface area contributed by atoms with Crippen LogP contribution in [0.15, 0.2) is 42.1 Å². The summed E-state index contributed by atoms with van der Waals surface area (Å²) in [6.45, 7) is 4.23. The first-order valence-electron chi connectivity index (χ1n) is 7.80. The third kappa shape index (κ3) is 3.98. The molecule has 0 radical (unpaired) electrons. The molecule has 2 heteroatoms. The van der Waals surface area contributed by atoms with Crippen LogP contribution in [-0.4, -0.2) is 10.8 Å². The first-order chi connectivity index (χ1) is 10.2. The van der Waals surface area contributed by atoms with Crippen LogP contribution in [0.2, 0.25) is 0 Å². The van der Waals surface area contributed by atoms with Crippen LogP contribution in [0.1, 0.15) is 57.6 Å². The van der Waals surface area contributed by atoms with Gasteiger partial charge in [-0.2, -0.15) is 0 Å². The lowest BCUT2D eigenvalue weighted by Crippen LogP contribution is -2.34. The van der Waals surface area contributed by atoms with Crippen LogP contribution in [0.4, 0.5) is 0 Å². The SMILES string of the molecule is CCCCC#CC1=CCCC(=O)N1[C@H](C)c1ccccc1. The minimum absolute atomic E-state index is 0.0331. The molecule has 0 fully saturated rings. The average Bonchev–Trinajstić information content (AvgIpc) is 2.52. The van der Waals surface area contributed by atoms with Gasteiger partial charge < -0.3 is 0 Å². The molecule has 1 aliphatic heterocycles.